The van der Waals surface area contributed by atoms with Crippen LogP contribution in [0.1, 0.15) is 26.3 Å². The number of para-hydroxylation sites is 2. The molecule has 0 bridgehead atoms. The zero-order valence-electron chi connectivity index (χ0n) is 19.5. The molecule has 4 aromatic carbocycles. The van der Waals surface area contributed by atoms with Gasteiger partial charge in [0.25, 0.3) is 0 Å². The second kappa shape index (κ2) is 7.93. The third-order valence-corrected chi connectivity index (χ3v) is 7.15. The normalized spacial score (nSPS) is 12.0. The monoisotopic (exact) mass is 459 g/mol. The molecule has 0 fully saturated rings. The third-order valence-electron chi connectivity index (χ3n) is 6.39. The summed E-state index contributed by atoms with van der Waals surface area (Å²) in [4.78, 5) is 4.84. The number of aromatic nitrogens is 3. The zero-order valence-corrected chi connectivity index (χ0v) is 20.3. The van der Waals surface area contributed by atoms with Crippen LogP contribution in [0, 0.1) is 0 Å². The first-order valence-corrected chi connectivity index (χ1v) is 12.3. The molecule has 0 saturated carbocycles. The van der Waals surface area contributed by atoms with E-state index in [9.17, 15) is 0 Å². The summed E-state index contributed by atoms with van der Waals surface area (Å²) < 4.78 is 6.96. The van der Waals surface area contributed by atoms with E-state index in [1.54, 1.807) is 0 Å². The van der Waals surface area contributed by atoms with Crippen molar-refractivity contribution in [3.8, 4) is 27.6 Å². The fourth-order valence-electron chi connectivity index (χ4n) is 4.53. The molecule has 6 rings (SSSR count). The molecule has 0 aliphatic heterocycles. The molecule has 166 valence electrons. The van der Waals surface area contributed by atoms with E-state index in [1.165, 1.54) is 38.9 Å². The van der Waals surface area contributed by atoms with E-state index in [1.807, 2.05) is 0 Å². The summed E-state index contributed by atoms with van der Waals surface area (Å²) in [6.07, 6.45) is 0. The van der Waals surface area contributed by atoms with E-state index in [0.717, 1.165) is 27.6 Å². The molecular formula is C30H25N3S. The van der Waals surface area contributed by atoms with Crippen molar-refractivity contribution in [2.75, 3.05) is 0 Å². The zero-order chi connectivity index (χ0) is 23.3. The molecule has 3 nitrogen and oxygen atoms in total. The van der Waals surface area contributed by atoms with E-state index in [-0.39, 0.29) is 5.41 Å². The van der Waals surface area contributed by atoms with Crippen LogP contribution in [0.2, 0.25) is 0 Å². The van der Waals surface area contributed by atoms with E-state index in [0.29, 0.717) is 0 Å². The Morgan fingerprint density at radius 1 is 0.647 bits per heavy atom. The lowest BCUT2D eigenvalue weighted by molar-refractivity contribution is 0.590. The first-order chi connectivity index (χ1) is 16.5. The van der Waals surface area contributed by atoms with Gasteiger partial charge in [-0.2, -0.15) is 4.37 Å². The molecule has 2 aromatic heterocycles. The highest BCUT2D eigenvalue weighted by atomic mass is 32.1. The van der Waals surface area contributed by atoms with Gasteiger partial charge >= 0.3 is 0 Å². The minimum Gasteiger partial charge on any atom is -0.309 e. The van der Waals surface area contributed by atoms with E-state index in [2.05, 4.69) is 127 Å². The Hall–Kier alpha value is -3.76. The maximum atomic E-state index is 4.84. The van der Waals surface area contributed by atoms with E-state index >= 15 is 0 Å². The van der Waals surface area contributed by atoms with Gasteiger partial charge in [-0.1, -0.05) is 81.4 Å². The van der Waals surface area contributed by atoms with E-state index < -0.39 is 0 Å². The Morgan fingerprint density at radius 2 is 1.21 bits per heavy atom. The fourth-order valence-corrected chi connectivity index (χ4v) is 5.22. The van der Waals surface area contributed by atoms with Gasteiger partial charge in [-0.05, 0) is 58.9 Å². The van der Waals surface area contributed by atoms with Crippen molar-refractivity contribution >= 4 is 33.3 Å². The van der Waals surface area contributed by atoms with Crippen LogP contribution in [0.3, 0.4) is 0 Å². The Morgan fingerprint density at radius 3 is 1.79 bits per heavy atom. The minimum atomic E-state index is 0.136. The second-order valence-electron chi connectivity index (χ2n) is 9.67. The summed E-state index contributed by atoms with van der Waals surface area (Å²) in [6.45, 7) is 6.68. The minimum absolute atomic E-state index is 0.136. The van der Waals surface area contributed by atoms with Crippen LogP contribution in [0.25, 0.3) is 49.5 Å². The van der Waals surface area contributed by atoms with Crippen LogP contribution in [0.15, 0.2) is 97.1 Å². The Labute approximate surface area is 203 Å². The van der Waals surface area contributed by atoms with Crippen molar-refractivity contribution < 1.29 is 0 Å². The molecule has 0 aliphatic carbocycles. The number of hydrogen-bond acceptors (Lipinski definition) is 3. The molecule has 0 atom stereocenters. The molecule has 0 spiro atoms. The Kier molecular flexibility index (Phi) is 4.85. The van der Waals surface area contributed by atoms with Gasteiger partial charge < -0.3 is 4.57 Å². The molecule has 4 heteroatoms. The van der Waals surface area contributed by atoms with Crippen LogP contribution in [0.4, 0.5) is 0 Å². The average Bonchev–Trinajstić information content (AvgIpc) is 3.47. The van der Waals surface area contributed by atoms with Crippen molar-refractivity contribution in [2.45, 2.75) is 26.2 Å². The lowest BCUT2D eigenvalue weighted by Gasteiger charge is -2.18. The van der Waals surface area contributed by atoms with Gasteiger partial charge in [0.2, 0.25) is 0 Å². The van der Waals surface area contributed by atoms with Crippen molar-refractivity contribution in [1.82, 2.24) is 13.9 Å². The van der Waals surface area contributed by atoms with Crippen LogP contribution in [-0.2, 0) is 5.41 Å². The molecule has 0 unspecified atom stereocenters. The van der Waals surface area contributed by atoms with Gasteiger partial charge in [-0.3, -0.25) is 0 Å². The summed E-state index contributed by atoms with van der Waals surface area (Å²) in [5, 5.41) is 3.48. The molecule has 0 N–H and O–H groups in total. The standard InChI is InChI=1S/C30H25N3S/c1-30(2,3)22-16-12-20(13-17-22)28-31-29(34-32-28)21-14-18-23(19-15-21)33-26-10-6-4-8-24(26)25-9-5-7-11-27(25)33/h4-19H,1-3H3. The first kappa shape index (κ1) is 20.8. The largest absolute Gasteiger partial charge is 0.309 e. The number of fused-ring (bicyclic) bond motifs is 3. The lowest BCUT2D eigenvalue weighted by Crippen LogP contribution is -2.10. The molecule has 0 aliphatic rings. The Bertz CT molecular complexity index is 1560. The molecule has 0 amide bonds. The number of benzene rings is 4. The van der Waals surface area contributed by atoms with Gasteiger partial charge in [0, 0.05) is 27.6 Å². The van der Waals surface area contributed by atoms with E-state index in [4.69, 9.17) is 4.98 Å². The first-order valence-electron chi connectivity index (χ1n) is 11.5. The highest BCUT2D eigenvalue weighted by Crippen LogP contribution is 2.33. The van der Waals surface area contributed by atoms with Gasteiger partial charge in [0.1, 0.15) is 5.01 Å². The maximum Gasteiger partial charge on any atom is 0.173 e. The number of hydrogen-bond donors (Lipinski definition) is 0. The lowest BCUT2D eigenvalue weighted by atomic mass is 9.87. The SMILES string of the molecule is CC(C)(C)c1ccc(-c2nsc(-c3ccc(-n4c5ccccc5c5ccccc54)cc3)n2)cc1. The summed E-state index contributed by atoms with van der Waals surface area (Å²) in [5.74, 6) is 0.784. The predicted octanol–water partition coefficient (Wildman–Crippen LogP) is 8.27. The quantitative estimate of drug-likeness (QED) is 0.267. The summed E-state index contributed by atoms with van der Waals surface area (Å²) in [7, 11) is 0. The summed E-state index contributed by atoms with van der Waals surface area (Å²) in [5.41, 5.74) is 7.16. The number of nitrogens with zero attached hydrogens (tertiary/aromatic N) is 3. The van der Waals surface area contributed by atoms with Gasteiger partial charge in [0.05, 0.1) is 11.0 Å². The molecule has 0 saturated heterocycles. The topological polar surface area (TPSA) is 30.7 Å². The molecule has 2 heterocycles. The van der Waals surface area contributed by atoms with Gasteiger partial charge in [0.15, 0.2) is 5.82 Å². The van der Waals surface area contributed by atoms with Gasteiger partial charge in [-0.15, -0.1) is 0 Å². The molecular weight excluding hydrogens is 434 g/mol. The molecule has 34 heavy (non-hydrogen) atoms. The molecule has 6 aromatic rings. The maximum absolute atomic E-state index is 4.84. The third kappa shape index (κ3) is 3.51. The predicted molar refractivity (Wildman–Crippen MR) is 144 cm³/mol. The second-order valence-corrected chi connectivity index (χ2v) is 10.4. The Balaban J connectivity index is 1.35. The van der Waals surface area contributed by atoms with Crippen LogP contribution in [-0.4, -0.2) is 13.9 Å². The highest BCUT2D eigenvalue weighted by molar-refractivity contribution is 7.09. The smallest absolute Gasteiger partial charge is 0.173 e. The van der Waals surface area contributed by atoms with Crippen molar-refractivity contribution in [3.05, 3.63) is 103 Å². The fraction of sp³-hybridized carbons (Fsp3) is 0.133. The van der Waals surface area contributed by atoms with Crippen LogP contribution in [0.5, 0.6) is 0 Å². The summed E-state index contributed by atoms with van der Waals surface area (Å²) in [6, 6.07) is 34.4. The van der Waals surface area contributed by atoms with Crippen molar-refractivity contribution in [1.29, 1.82) is 0 Å². The van der Waals surface area contributed by atoms with Crippen LogP contribution < -0.4 is 0 Å². The highest BCUT2D eigenvalue weighted by Gasteiger charge is 2.15. The molecule has 0 radical (unpaired) electrons. The van der Waals surface area contributed by atoms with Crippen LogP contribution >= 0.6 is 11.5 Å². The number of rotatable bonds is 3. The van der Waals surface area contributed by atoms with Crippen molar-refractivity contribution in [3.63, 3.8) is 0 Å². The average molecular weight is 460 g/mol. The van der Waals surface area contributed by atoms with Crippen molar-refractivity contribution in [2.24, 2.45) is 0 Å². The van der Waals surface area contributed by atoms with Gasteiger partial charge in [-0.25, -0.2) is 4.98 Å². The summed E-state index contributed by atoms with van der Waals surface area (Å²) >= 11 is 1.45.